The summed E-state index contributed by atoms with van der Waals surface area (Å²) in [6, 6.07) is 15.8. The normalized spacial score (nSPS) is 14.6. The molecule has 140 valence electrons. The van der Waals surface area contributed by atoms with Crippen molar-refractivity contribution in [1.29, 1.82) is 0 Å². The lowest BCUT2D eigenvalue weighted by Crippen LogP contribution is -2.49. The molecule has 1 amide bonds. The van der Waals surface area contributed by atoms with Crippen molar-refractivity contribution < 1.29 is 9.53 Å². The average molecular weight is 505 g/mol. The van der Waals surface area contributed by atoms with Gasteiger partial charge in [0.1, 0.15) is 5.75 Å². The van der Waals surface area contributed by atoms with Crippen LogP contribution in [0.3, 0.4) is 0 Å². The second kappa shape index (κ2) is 10.3. The number of amides is 1. The van der Waals surface area contributed by atoms with Crippen LogP contribution in [0.1, 0.15) is 5.56 Å². The minimum atomic E-state index is 0. The van der Waals surface area contributed by atoms with E-state index in [2.05, 4.69) is 55.0 Å². The van der Waals surface area contributed by atoms with Gasteiger partial charge in [0.2, 0.25) is 0 Å². The fourth-order valence-corrected chi connectivity index (χ4v) is 3.46. The fraction of sp³-hybridized carbons (Fsp3) is 0.316. The zero-order chi connectivity index (χ0) is 17.6. The Morgan fingerprint density at radius 1 is 0.962 bits per heavy atom. The van der Waals surface area contributed by atoms with Gasteiger partial charge in [-0.25, -0.2) is 0 Å². The van der Waals surface area contributed by atoms with Gasteiger partial charge in [-0.15, -0.1) is 12.4 Å². The first-order valence-corrected chi connectivity index (χ1v) is 9.82. The zero-order valence-electron chi connectivity index (χ0n) is 14.2. The van der Waals surface area contributed by atoms with E-state index in [1.54, 1.807) is 0 Å². The van der Waals surface area contributed by atoms with E-state index < -0.39 is 0 Å². The number of rotatable bonds is 5. The number of halogens is 3. The number of nitrogens with zero attached hydrogens (tertiary/aromatic N) is 2. The van der Waals surface area contributed by atoms with Crippen LogP contribution in [-0.4, -0.2) is 48.5 Å². The Hall–Kier alpha value is -1.08. The van der Waals surface area contributed by atoms with Crippen LogP contribution in [0.15, 0.2) is 57.5 Å². The maximum Gasteiger partial charge on any atom is 0.260 e. The standard InChI is InChI=1S/C19H20Br2N2O2.ClH/c20-16-5-7-17(8-6-16)25-14-19(24)23-11-9-22(10-12-23)13-15-3-1-2-4-18(15)21;/h1-8H,9-14H2;1H. The lowest BCUT2D eigenvalue weighted by molar-refractivity contribution is -0.135. The number of benzene rings is 2. The summed E-state index contributed by atoms with van der Waals surface area (Å²) in [5.74, 6) is 0.757. The van der Waals surface area contributed by atoms with Crippen molar-refractivity contribution in [3.05, 3.63) is 63.0 Å². The molecule has 0 aromatic heterocycles. The molecule has 2 aromatic carbocycles. The molecule has 1 heterocycles. The van der Waals surface area contributed by atoms with Gasteiger partial charge in [-0.3, -0.25) is 9.69 Å². The topological polar surface area (TPSA) is 32.8 Å². The van der Waals surface area contributed by atoms with Crippen molar-refractivity contribution >= 4 is 50.2 Å². The van der Waals surface area contributed by atoms with Crippen LogP contribution in [0.2, 0.25) is 0 Å². The van der Waals surface area contributed by atoms with Crippen molar-refractivity contribution in [2.24, 2.45) is 0 Å². The molecule has 4 nitrogen and oxygen atoms in total. The van der Waals surface area contributed by atoms with E-state index in [9.17, 15) is 4.79 Å². The third kappa shape index (κ3) is 5.98. The molecule has 0 radical (unpaired) electrons. The Kier molecular flexibility index (Phi) is 8.41. The van der Waals surface area contributed by atoms with Gasteiger partial charge in [0, 0.05) is 41.7 Å². The van der Waals surface area contributed by atoms with Crippen molar-refractivity contribution in [3.8, 4) is 5.75 Å². The maximum atomic E-state index is 12.3. The summed E-state index contributed by atoms with van der Waals surface area (Å²) in [5, 5.41) is 0. The molecule has 0 bridgehead atoms. The predicted molar refractivity (Wildman–Crippen MR) is 113 cm³/mol. The molecule has 0 spiro atoms. The largest absolute Gasteiger partial charge is 0.484 e. The van der Waals surface area contributed by atoms with Gasteiger partial charge >= 0.3 is 0 Å². The van der Waals surface area contributed by atoms with Gasteiger partial charge in [-0.05, 0) is 35.9 Å². The molecule has 1 aliphatic heterocycles. The Balaban J connectivity index is 0.00000243. The molecule has 1 fully saturated rings. The quantitative estimate of drug-likeness (QED) is 0.607. The predicted octanol–water partition coefficient (Wildman–Crippen LogP) is 4.36. The van der Waals surface area contributed by atoms with E-state index in [0.717, 1.165) is 41.7 Å². The van der Waals surface area contributed by atoms with Gasteiger partial charge in [0.15, 0.2) is 6.61 Å². The van der Waals surface area contributed by atoms with Crippen molar-refractivity contribution in [2.45, 2.75) is 6.54 Å². The molecule has 0 atom stereocenters. The number of piperazine rings is 1. The molecule has 1 aliphatic rings. The smallest absolute Gasteiger partial charge is 0.260 e. The van der Waals surface area contributed by atoms with E-state index >= 15 is 0 Å². The van der Waals surface area contributed by atoms with E-state index in [4.69, 9.17) is 4.74 Å². The van der Waals surface area contributed by atoms with Crippen molar-refractivity contribution in [1.82, 2.24) is 9.80 Å². The van der Waals surface area contributed by atoms with Crippen LogP contribution in [0.5, 0.6) is 5.75 Å². The highest BCUT2D eigenvalue weighted by atomic mass is 79.9. The van der Waals surface area contributed by atoms with E-state index in [1.165, 1.54) is 5.56 Å². The Morgan fingerprint density at radius 3 is 2.27 bits per heavy atom. The molecule has 7 heteroatoms. The third-order valence-electron chi connectivity index (χ3n) is 4.25. The molecule has 0 N–H and O–H groups in total. The molecular weight excluding hydrogens is 483 g/mol. The molecule has 0 saturated carbocycles. The van der Waals surface area contributed by atoms with Crippen LogP contribution in [0.25, 0.3) is 0 Å². The average Bonchev–Trinajstić information content (AvgIpc) is 2.63. The Morgan fingerprint density at radius 2 is 1.62 bits per heavy atom. The van der Waals surface area contributed by atoms with Crippen molar-refractivity contribution in [3.63, 3.8) is 0 Å². The number of hydrogen-bond acceptors (Lipinski definition) is 3. The van der Waals surface area contributed by atoms with Gasteiger partial charge in [-0.1, -0.05) is 50.1 Å². The van der Waals surface area contributed by atoms with E-state index in [1.807, 2.05) is 35.2 Å². The summed E-state index contributed by atoms with van der Waals surface area (Å²) < 4.78 is 7.71. The highest BCUT2D eigenvalue weighted by Crippen LogP contribution is 2.19. The summed E-state index contributed by atoms with van der Waals surface area (Å²) in [7, 11) is 0. The monoisotopic (exact) mass is 502 g/mol. The SMILES string of the molecule is Cl.O=C(COc1ccc(Br)cc1)N1CCN(Cc2ccccc2Br)CC1. The summed E-state index contributed by atoms with van der Waals surface area (Å²) >= 11 is 6.98. The summed E-state index contributed by atoms with van der Waals surface area (Å²) in [6.45, 7) is 4.24. The van der Waals surface area contributed by atoms with E-state index in [0.29, 0.717) is 5.75 Å². The van der Waals surface area contributed by atoms with Crippen LogP contribution < -0.4 is 4.74 Å². The molecule has 0 unspecified atom stereocenters. The first-order valence-electron chi connectivity index (χ1n) is 8.24. The molecule has 3 rings (SSSR count). The Bertz CT molecular complexity index is 720. The minimum absolute atomic E-state index is 0. The molecule has 26 heavy (non-hydrogen) atoms. The lowest BCUT2D eigenvalue weighted by Gasteiger charge is -2.34. The summed E-state index contributed by atoms with van der Waals surface area (Å²) in [4.78, 5) is 16.6. The first-order chi connectivity index (χ1) is 12.1. The number of carbonyl (C=O) groups excluding carboxylic acids is 1. The van der Waals surface area contributed by atoms with Gasteiger partial charge in [0.25, 0.3) is 5.91 Å². The van der Waals surface area contributed by atoms with Crippen molar-refractivity contribution in [2.75, 3.05) is 32.8 Å². The second-order valence-electron chi connectivity index (χ2n) is 5.99. The maximum absolute atomic E-state index is 12.3. The van der Waals surface area contributed by atoms with Crippen LogP contribution >= 0.6 is 44.3 Å². The molecule has 0 aliphatic carbocycles. The first kappa shape index (κ1) is 21.2. The number of ether oxygens (including phenoxy) is 1. The third-order valence-corrected chi connectivity index (χ3v) is 5.56. The van der Waals surface area contributed by atoms with Crippen LogP contribution in [-0.2, 0) is 11.3 Å². The van der Waals surface area contributed by atoms with Gasteiger partial charge in [0.05, 0.1) is 0 Å². The second-order valence-corrected chi connectivity index (χ2v) is 7.76. The van der Waals surface area contributed by atoms with E-state index in [-0.39, 0.29) is 24.9 Å². The minimum Gasteiger partial charge on any atom is -0.484 e. The van der Waals surface area contributed by atoms with Gasteiger partial charge < -0.3 is 9.64 Å². The summed E-state index contributed by atoms with van der Waals surface area (Å²) in [6.07, 6.45) is 0. The highest BCUT2D eigenvalue weighted by Gasteiger charge is 2.21. The van der Waals surface area contributed by atoms with Crippen LogP contribution in [0, 0.1) is 0 Å². The van der Waals surface area contributed by atoms with Crippen LogP contribution in [0.4, 0.5) is 0 Å². The fourth-order valence-electron chi connectivity index (χ4n) is 2.79. The highest BCUT2D eigenvalue weighted by molar-refractivity contribution is 9.10. The molecule has 2 aromatic rings. The van der Waals surface area contributed by atoms with Gasteiger partial charge in [-0.2, -0.15) is 0 Å². The Labute approximate surface area is 177 Å². The molecule has 1 saturated heterocycles. The number of carbonyl (C=O) groups is 1. The number of hydrogen-bond donors (Lipinski definition) is 0. The molecular formula is C19H21Br2ClN2O2. The zero-order valence-corrected chi connectivity index (χ0v) is 18.2. The lowest BCUT2D eigenvalue weighted by atomic mass is 10.2. The summed E-state index contributed by atoms with van der Waals surface area (Å²) in [5.41, 5.74) is 1.28.